The summed E-state index contributed by atoms with van der Waals surface area (Å²) >= 11 is 0. The Hall–Kier alpha value is -2.85. The Kier molecular flexibility index (Phi) is 4.10. The number of likely N-dealkylation sites (tertiary alicyclic amines) is 1. The first-order valence-corrected chi connectivity index (χ1v) is 11.1. The molecule has 2 aromatic carbocycles. The van der Waals surface area contributed by atoms with Crippen molar-refractivity contribution >= 4 is 10.9 Å². The van der Waals surface area contributed by atoms with Gasteiger partial charge in [0.1, 0.15) is 0 Å². The molecule has 0 radical (unpaired) electrons. The number of nitrogens with zero attached hydrogens (tertiary/aromatic N) is 3. The van der Waals surface area contributed by atoms with E-state index < -0.39 is 0 Å². The molecule has 1 fully saturated rings. The maximum atomic E-state index is 4.87. The number of hydrogen-bond donors (Lipinski definition) is 1. The number of hydrogen-bond acceptors (Lipinski definition) is 2. The van der Waals surface area contributed by atoms with Crippen molar-refractivity contribution in [3.05, 3.63) is 77.6 Å². The standard InChI is InChI=1S/C26H28N4/c1-17-11-24(19-7-4-3-5-8-19)30(28-17)16-18-12-22-21-9-6-10-23-26(21)20(14-27-23)13-25(22)29(2)15-18/h3-11,14,18,22,25,27H,12-13,15-16H2,1-2H3/t18-,22-,25-/m1/s1. The van der Waals surface area contributed by atoms with Crippen molar-refractivity contribution in [2.24, 2.45) is 5.92 Å². The quantitative estimate of drug-likeness (QED) is 0.529. The van der Waals surface area contributed by atoms with Gasteiger partial charge in [-0.05, 0) is 61.6 Å². The molecule has 1 saturated heterocycles. The highest BCUT2D eigenvalue weighted by molar-refractivity contribution is 5.88. The first-order valence-electron chi connectivity index (χ1n) is 11.1. The van der Waals surface area contributed by atoms with Crippen LogP contribution in [0.1, 0.15) is 29.2 Å². The Bertz CT molecular complexity index is 1200. The van der Waals surface area contributed by atoms with Crippen molar-refractivity contribution < 1.29 is 0 Å². The SMILES string of the molecule is Cc1cc(-c2ccccc2)n(C[C@@H]2C[C@@H]3c4cccc5[nH]cc(c45)C[C@H]3N(C)C2)n1. The van der Waals surface area contributed by atoms with E-state index in [2.05, 4.69) is 89.3 Å². The fraction of sp³-hybridized carbons (Fsp3) is 0.346. The van der Waals surface area contributed by atoms with Gasteiger partial charge < -0.3 is 9.88 Å². The maximum Gasteiger partial charge on any atom is 0.0685 e. The van der Waals surface area contributed by atoms with E-state index in [4.69, 9.17) is 5.10 Å². The Labute approximate surface area is 177 Å². The van der Waals surface area contributed by atoms with Gasteiger partial charge in [0.15, 0.2) is 0 Å². The Morgan fingerprint density at radius 3 is 2.83 bits per heavy atom. The number of aromatic amines is 1. The molecule has 2 aliphatic rings. The van der Waals surface area contributed by atoms with Gasteiger partial charge in [-0.25, -0.2) is 0 Å². The van der Waals surface area contributed by atoms with Crippen LogP contribution in [0.5, 0.6) is 0 Å². The lowest BCUT2D eigenvalue weighted by molar-refractivity contribution is 0.102. The lowest BCUT2D eigenvalue weighted by Gasteiger charge is -2.45. The molecule has 0 unspecified atom stereocenters. The van der Waals surface area contributed by atoms with Crippen LogP contribution in [0.4, 0.5) is 0 Å². The second-order valence-corrected chi connectivity index (χ2v) is 9.22. The molecule has 152 valence electrons. The molecular weight excluding hydrogens is 368 g/mol. The first kappa shape index (κ1) is 18.0. The third-order valence-electron chi connectivity index (χ3n) is 7.22. The van der Waals surface area contributed by atoms with Crippen LogP contribution in [0.2, 0.25) is 0 Å². The summed E-state index contributed by atoms with van der Waals surface area (Å²) in [4.78, 5) is 6.09. The molecule has 30 heavy (non-hydrogen) atoms. The van der Waals surface area contributed by atoms with Crippen LogP contribution < -0.4 is 0 Å². The van der Waals surface area contributed by atoms with E-state index >= 15 is 0 Å². The van der Waals surface area contributed by atoms with E-state index in [0.29, 0.717) is 17.9 Å². The number of H-pyrrole nitrogens is 1. The van der Waals surface area contributed by atoms with Gasteiger partial charge in [-0.2, -0.15) is 5.10 Å². The van der Waals surface area contributed by atoms with Crippen molar-refractivity contribution in [2.75, 3.05) is 13.6 Å². The summed E-state index contributed by atoms with van der Waals surface area (Å²) < 4.78 is 2.24. The number of rotatable bonds is 3. The smallest absolute Gasteiger partial charge is 0.0685 e. The van der Waals surface area contributed by atoms with Crippen molar-refractivity contribution in [1.29, 1.82) is 0 Å². The van der Waals surface area contributed by atoms with Crippen LogP contribution >= 0.6 is 0 Å². The number of likely N-dealkylation sites (N-methyl/N-ethyl adjacent to an activating group) is 1. The minimum atomic E-state index is 0.591. The fourth-order valence-electron chi connectivity index (χ4n) is 5.96. The van der Waals surface area contributed by atoms with E-state index in [1.54, 1.807) is 0 Å². The molecule has 1 aliphatic heterocycles. The maximum absolute atomic E-state index is 4.87. The van der Waals surface area contributed by atoms with Crippen LogP contribution in [0, 0.1) is 12.8 Å². The van der Waals surface area contributed by atoms with Gasteiger partial charge in [-0.1, -0.05) is 42.5 Å². The minimum Gasteiger partial charge on any atom is -0.361 e. The topological polar surface area (TPSA) is 36.9 Å². The van der Waals surface area contributed by atoms with Crippen molar-refractivity contribution in [3.8, 4) is 11.3 Å². The van der Waals surface area contributed by atoms with Crippen molar-refractivity contribution in [2.45, 2.75) is 38.3 Å². The lowest BCUT2D eigenvalue weighted by atomic mass is 9.72. The van der Waals surface area contributed by atoms with Gasteiger partial charge in [0.25, 0.3) is 0 Å². The number of benzene rings is 2. The number of aryl methyl sites for hydroxylation is 1. The summed E-state index contributed by atoms with van der Waals surface area (Å²) in [6, 6.07) is 20.3. The Morgan fingerprint density at radius 2 is 1.97 bits per heavy atom. The zero-order valence-electron chi connectivity index (χ0n) is 17.7. The molecular formula is C26H28N4. The molecule has 4 aromatic rings. The van der Waals surface area contributed by atoms with E-state index in [9.17, 15) is 0 Å². The number of aromatic nitrogens is 3. The first-order chi connectivity index (χ1) is 14.7. The molecule has 0 amide bonds. The summed E-state index contributed by atoms with van der Waals surface area (Å²) in [5.41, 5.74) is 7.89. The summed E-state index contributed by atoms with van der Waals surface area (Å²) in [6.07, 6.45) is 4.61. The number of piperidine rings is 1. The van der Waals surface area contributed by atoms with Crippen molar-refractivity contribution in [1.82, 2.24) is 19.7 Å². The Morgan fingerprint density at radius 1 is 1.10 bits per heavy atom. The highest BCUT2D eigenvalue weighted by Gasteiger charge is 2.39. The van der Waals surface area contributed by atoms with Gasteiger partial charge in [-0.15, -0.1) is 0 Å². The van der Waals surface area contributed by atoms with E-state index in [0.717, 1.165) is 25.2 Å². The van der Waals surface area contributed by atoms with Gasteiger partial charge in [-0.3, -0.25) is 4.68 Å². The summed E-state index contributed by atoms with van der Waals surface area (Å²) in [7, 11) is 2.31. The minimum absolute atomic E-state index is 0.591. The van der Waals surface area contributed by atoms with E-state index in [1.165, 1.54) is 39.7 Å². The molecule has 3 heterocycles. The summed E-state index contributed by atoms with van der Waals surface area (Å²) in [6.45, 7) is 4.20. The molecule has 0 saturated carbocycles. The molecule has 1 N–H and O–H groups in total. The van der Waals surface area contributed by atoms with E-state index in [-0.39, 0.29) is 0 Å². The third-order valence-corrected chi connectivity index (χ3v) is 7.22. The second-order valence-electron chi connectivity index (χ2n) is 9.22. The van der Waals surface area contributed by atoms with Crippen LogP contribution in [0.25, 0.3) is 22.2 Å². The summed E-state index contributed by atoms with van der Waals surface area (Å²) in [5.74, 6) is 1.19. The van der Waals surface area contributed by atoms with Crippen LogP contribution in [-0.4, -0.2) is 39.3 Å². The van der Waals surface area contributed by atoms with Gasteiger partial charge in [0.2, 0.25) is 0 Å². The van der Waals surface area contributed by atoms with Crippen LogP contribution in [0.3, 0.4) is 0 Å². The normalized spacial score (nSPS) is 23.6. The average molecular weight is 397 g/mol. The molecule has 3 atom stereocenters. The monoisotopic (exact) mass is 396 g/mol. The number of fused-ring (bicyclic) bond motifs is 2. The highest BCUT2D eigenvalue weighted by Crippen LogP contribution is 2.44. The fourth-order valence-corrected chi connectivity index (χ4v) is 5.96. The predicted molar refractivity (Wildman–Crippen MR) is 122 cm³/mol. The van der Waals surface area contributed by atoms with Gasteiger partial charge in [0, 0.05) is 42.1 Å². The lowest BCUT2D eigenvalue weighted by Crippen LogP contribution is -2.48. The number of nitrogens with one attached hydrogen (secondary N) is 1. The molecule has 0 bridgehead atoms. The summed E-state index contributed by atoms with van der Waals surface area (Å²) in [5, 5.41) is 6.35. The van der Waals surface area contributed by atoms with Crippen LogP contribution in [-0.2, 0) is 13.0 Å². The molecule has 0 spiro atoms. The van der Waals surface area contributed by atoms with Gasteiger partial charge in [0.05, 0.1) is 11.4 Å². The zero-order valence-corrected chi connectivity index (χ0v) is 17.7. The Balaban J connectivity index is 1.33. The molecule has 4 heteroatoms. The molecule has 6 rings (SSSR count). The third kappa shape index (κ3) is 2.82. The van der Waals surface area contributed by atoms with Gasteiger partial charge >= 0.3 is 0 Å². The van der Waals surface area contributed by atoms with Crippen molar-refractivity contribution in [3.63, 3.8) is 0 Å². The zero-order chi connectivity index (χ0) is 20.2. The predicted octanol–water partition coefficient (Wildman–Crippen LogP) is 5.00. The van der Waals surface area contributed by atoms with E-state index in [1.807, 2.05) is 0 Å². The average Bonchev–Trinajstić information content (AvgIpc) is 3.34. The van der Waals surface area contributed by atoms with Crippen LogP contribution in [0.15, 0.2) is 60.8 Å². The largest absolute Gasteiger partial charge is 0.361 e. The second kappa shape index (κ2) is 6.85. The highest BCUT2D eigenvalue weighted by atomic mass is 15.3. The molecule has 1 aliphatic carbocycles. The molecule has 4 nitrogen and oxygen atoms in total. The molecule has 2 aromatic heterocycles.